The summed E-state index contributed by atoms with van der Waals surface area (Å²) in [6.07, 6.45) is 3.99. The molecule has 5 rings (SSSR count). The van der Waals surface area contributed by atoms with Gasteiger partial charge in [0.15, 0.2) is 0 Å². The fourth-order valence-electron chi connectivity index (χ4n) is 4.39. The lowest BCUT2D eigenvalue weighted by Crippen LogP contribution is -2.58. The van der Waals surface area contributed by atoms with Gasteiger partial charge < -0.3 is 19.6 Å². The van der Waals surface area contributed by atoms with Crippen molar-refractivity contribution in [1.29, 1.82) is 0 Å². The molecule has 2 saturated heterocycles. The molecule has 2 aliphatic heterocycles. The zero-order valence-corrected chi connectivity index (χ0v) is 17.4. The van der Waals surface area contributed by atoms with E-state index in [2.05, 4.69) is 30.7 Å². The summed E-state index contributed by atoms with van der Waals surface area (Å²) in [5.41, 5.74) is 0.711. The topological polar surface area (TPSA) is 118 Å². The van der Waals surface area contributed by atoms with Crippen molar-refractivity contribution in [3.8, 4) is 11.5 Å². The minimum absolute atomic E-state index is 0.0592. The Morgan fingerprint density at radius 3 is 2.97 bits per heavy atom. The molecule has 0 radical (unpaired) electrons. The molecule has 1 aromatic carbocycles. The predicted molar refractivity (Wildman–Crippen MR) is 110 cm³/mol. The smallest absolute Gasteiger partial charge is 0.269 e. The van der Waals surface area contributed by atoms with E-state index in [0.717, 1.165) is 0 Å². The molecule has 32 heavy (non-hydrogen) atoms. The van der Waals surface area contributed by atoms with Crippen LogP contribution < -0.4 is 10.6 Å². The number of fused-ring (bicyclic) bond motifs is 1. The number of hydrogen-bond donors (Lipinski definition) is 2. The first-order valence-electron chi connectivity index (χ1n) is 10.4. The lowest BCUT2D eigenvalue weighted by atomic mass is 10.1. The van der Waals surface area contributed by atoms with Crippen molar-refractivity contribution >= 4 is 11.8 Å². The standard InChI is InChI=1S/C21H22FN7O3/c1-28-11-23-9-17(28)20(31)25-12-6-16-19(30)24-8-13(29(16)10-12)7-18-26-27-21(32-18)14-4-2-3-5-15(14)22/h2-5,9,11-13,16H,6-8,10H2,1H3,(H,24,30)(H,25,31)/t12-,13+,16-/m0/s1. The van der Waals surface area contributed by atoms with Crippen LogP contribution in [0, 0.1) is 5.82 Å². The Hall–Kier alpha value is -3.60. The molecule has 3 aromatic rings. The quantitative estimate of drug-likeness (QED) is 0.595. The summed E-state index contributed by atoms with van der Waals surface area (Å²) in [5.74, 6) is -0.226. The molecule has 0 spiro atoms. The maximum atomic E-state index is 14.0. The summed E-state index contributed by atoms with van der Waals surface area (Å²) in [6.45, 7) is 0.954. The molecule has 0 saturated carbocycles. The molecule has 2 N–H and O–H groups in total. The molecule has 0 bridgehead atoms. The van der Waals surface area contributed by atoms with E-state index in [4.69, 9.17) is 4.42 Å². The minimum Gasteiger partial charge on any atom is -0.421 e. The van der Waals surface area contributed by atoms with Crippen molar-refractivity contribution in [3.05, 3.63) is 54.2 Å². The molecule has 0 aliphatic carbocycles. The van der Waals surface area contributed by atoms with Crippen LogP contribution in [0.4, 0.5) is 4.39 Å². The third-order valence-corrected chi connectivity index (χ3v) is 5.99. The molecule has 4 heterocycles. The van der Waals surface area contributed by atoms with Gasteiger partial charge in [-0.05, 0) is 18.6 Å². The van der Waals surface area contributed by atoms with Gasteiger partial charge in [-0.25, -0.2) is 9.37 Å². The van der Waals surface area contributed by atoms with Crippen LogP contribution in [0.1, 0.15) is 22.8 Å². The molecule has 2 aromatic heterocycles. The number of benzene rings is 1. The second kappa shape index (κ2) is 8.15. The van der Waals surface area contributed by atoms with Gasteiger partial charge in [-0.2, -0.15) is 0 Å². The highest BCUT2D eigenvalue weighted by atomic mass is 19.1. The van der Waals surface area contributed by atoms with Gasteiger partial charge in [0.05, 0.1) is 24.1 Å². The number of carbonyl (C=O) groups is 2. The molecule has 2 fully saturated rings. The molecule has 3 atom stereocenters. The zero-order chi connectivity index (χ0) is 22.2. The van der Waals surface area contributed by atoms with Crippen LogP contribution in [0.5, 0.6) is 0 Å². The van der Waals surface area contributed by atoms with Crippen LogP contribution in [-0.4, -0.2) is 67.7 Å². The number of rotatable bonds is 5. The van der Waals surface area contributed by atoms with Gasteiger partial charge in [-0.1, -0.05) is 12.1 Å². The number of hydrogen-bond acceptors (Lipinski definition) is 7. The molecule has 10 nitrogen and oxygen atoms in total. The van der Waals surface area contributed by atoms with E-state index in [9.17, 15) is 14.0 Å². The molecule has 166 valence electrons. The normalized spacial score (nSPS) is 23.1. The molecule has 0 unspecified atom stereocenters. The molecule has 2 amide bonds. The number of carbonyl (C=O) groups excluding carboxylic acids is 2. The van der Waals surface area contributed by atoms with Gasteiger partial charge in [0.2, 0.25) is 11.8 Å². The average molecular weight is 439 g/mol. The number of amides is 2. The van der Waals surface area contributed by atoms with E-state index in [1.54, 1.807) is 36.1 Å². The van der Waals surface area contributed by atoms with Crippen molar-refractivity contribution in [2.45, 2.75) is 31.0 Å². The van der Waals surface area contributed by atoms with Crippen molar-refractivity contribution in [2.75, 3.05) is 13.1 Å². The summed E-state index contributed by atoms with van der Waals surface area (Å²) in [6, 6.07) is 5.62. The first kappa shape index (κ1) is 20.3. The monoisotopic (exact) mass is 439 g/mol. The fraction of sp³-hybridized carbons (Fsp3) is 0.381. The van der Waals surface area contributed by atoms with E-state index in [-0.39, 0.29) is 41.4 Å². The van der Waals surface area contributed by atoms with Gasteiger partial charge in [-0.15, -0.1) is 10.2 Å². The molecule has 2 aliphatic rings. The van der Waals surface area contributed by atoms with Crippen LogP contribution in [0.2, 0.25) is 0 Å². The minimum atomic E-state index is -0.431. The van der Waals surface area contributed by atoms with E-state index in [0.29, 0.717) is 37.5 Å². The number of aromatic nitrogens is 4. The summed E-state index contributed by atoms with van der Waals surface area (Å²) in [4.78, 5) is 31.0. The third-order valence-electron chi connectivity index (χ3n) is 5.99. The van der Waals surface area contributed by atoms with Crippen molar-refractivity contribution in [3.63, 3.8) is 0 Å². The number of halogens is 1. The van der Waals surface area contributed by atoms with Gasteiger partial charge >= 0.3 is 0 Å². The number of aryl methyl sites for hydroxylation is 1. The maximum absolute atomic E-state index is 14.0. The summed E-state index contributed by atoms with van der Waals surface area (Å²) >= 11 is 0. The SMILES string of the molecule is Cn1cncc1C(=O)N[C@H]1C[C@H]2C(=O)NC[C@@H](Cc3nnc(-c4ccccc4F)o3)N2C1. The Balaban J connectivity index is 1.28. The number of nitrogens with zero attached hydrogens (tertiary/aromatic N) is 5. The van der Waals surface area contributed by atoms with E-state index in [1.807, 2.05) is 0 Å². The Bertz CT molecular complexity index is 1160. The number of nitrogens with one attached hydrogen (secondary N) is 2. The van der Waals surface area contributed by atoms with Gasteiger partial charge in [0.1, 0.15) is 11.5 Å². The molecular weight excluding hydrogens is 417 g/mol. The Labute approximate surface area is 182 Å². The van der Waals surface area contributed by atoms with Crippen LogP contribution in [0.3, 0.4) is 0 Å². The highest BCUT2D eigenvalue weighted by Crippen LogP contribution is 2.27. The van der Waals surface area contributed by atoms with Crippen LogP contribution in [-0.2, 0) is 18.3 Å². The second-order valence-electron chi connectivity index (χ2n) is 8.09. The second-order valence-corrected chi connectivity index (χ2v) is 8.09. The Morgan fingerprint density at radius 1 is 1.34 bits per heavy atom. The largest absolute Gasteiger partial charge is 0.421 e. The van der Waals surface area contributed by atoms with E-state index < -0.39 is 5.82 Å². The third kappa shape index (κ3) is 3.75. The van der Waals surface area contributed by atoms with Gasteiger partial charge in [0, 0.05) is 38.6 Å². The Morgan fingerprint density at radius 2 is 2.19 bits per heavy atom. The first-order chi connectivity index (χ1) is 15.5. The highest BCUT2D eigenvalue weighted by molar-refractivity contribution is 5.92. The van der Waals surface area contributed by atoms with Gasteiger partial charge in [0.25, 0.3) is 11.8 Å². The first-order valence-corrected chi connectivity index (χ1v) is 10.4. The van der Waals surface area contributed by atoms with E-state index in [1.165, 1.54) is 12.3 Å². The average Bonchev–Trinajstić information content (AvgIpc) is 3.50. The number of piperazine rings is 1. The fourth-order valence-corrected chi connectivity index (χ4v) is 4.39. The number of imidazole rings is 1. The van der Waals surface area contributed by atoms with Crippen molar-refractivity contribution in [2.24, 2.45) is 7.05 Å². The predicted octanol–water partition coefficient (Wildman–Crippen LogP) is 0.523. The zero-order valence-electron chi connectivity index (χ0n) is 17.4. The highest BCUT2D eigenvalue weighted by Gasteiger charge is 2.44. The maximum Gasteiger partial charge on any atom is 0.269 e. The summed E-state index contributed by atoms with van der Waals surface area (Å²) in [7, 11) is 1.75. The van der Waals surface area contributed by atoms with Crippen molar-refractivity contribution in [1.82, 2.24) is 35.3 Å². The van der Waals surface area contributed by atoms with Crippen LogP contribution in [0.15, 0.2) is 41.2 Å². The van der Waals surface area contributed by atoms with Crippen molar-refractivity contribution < 1.29 is 18.4 Å². The molecular formula is C21H22FN7O3. The molecule has 11 heteroatoms. The van der Waals surface area contributed by atoms with E-state index >= 15 is 0 Å². The lowest BCUT2D eigenvalue weighted by molar-refractivity contribution is -0.129. The lowest BCUT2D eigenvalue weighted by Gasteiger charge is -2.36. The van der Waals surface area contributed by atoms with Crippen LogP contribution >= 0.6 is 0 Å². The summed E-state index contributed by atoms with van der Waals surface area (Å²) in [5, 5.41) is 14.0. The van der Waals surface area contributed by atoms with Crippen LogP contribution in [0.25, 0.3) is 11.5 Å². The summed E-state index contributed by atoms with van der Waals surface area (Å²) < 4.78 is 21.4. The Kier molecular flexibility index (Phi) is 5.17. The van der Waals surface area contributed by atoms with Gasteiger partial charge in [-0.3, -0.25) is 14.5 Å².